The molecule has 0 saturated carbocycles. The van der Waals surface area contributed by atoms with Crippen molar-refractivity contribution in [2.45, 2.75) is 18.4 Å². The number of carbonyl (C=O) groups excluding carboxylic acids is 1. The molecule has 1 aromatic rings. The van der Waals surface area contributed by atoms with Gasteiger partial charge in [-0.3, -0.25) is 9.78 Å². The van der Waals surface area contributed by atoms with E-state index in [4.69, 9.17) is 5.11 Å². The number of nitrogens with zero attached hydrogens (tertiary/aromatic N) is 1. The fraction of sp³-hybridized carbons (Fsp3) is 0.333. The summed E-state index contributed by atoms with van der Waals surface area (Å²) in [5.74, 6) is -1.32. The molecule has 0 aliphatic carbocycles. The number of nitrogens with two attached hydrogens (primary N) is 1. The van der Waals surface area contributed by atoms with Crippen LogP contribution in [0.4, 0.5) is 13.2 Å². The summed E-state index contributed by atoms with van der Waals surface area (Å²) < 4.78 is 37.6. The van der Waals surface area contributed by atoms with Gasteiger partial charge in [-0.2, -0.15) is 13.2 Å². The summed E-state index contributed by atoms with van der Waals surface area (Å²) in [5.41, 5.74) is 2.80. The van der Waals surface area contributed by atoms with E-state index in [2.05, 4.69) is 10.7 Å². The number of primary amides is 1. The van der Waals surface area contributed by atoms with Gasteiger partial charge in [-0.25, -0.2) is 0 Å². The van der Waals surface area contributed by atoms with Crippen LogP contribution in [-0.2, 0) is 11.0 Å². The maximum absolute atomic E-state index is 12.5. The van der Waals surface area contributed by atoms with Crippen molar-refractivity contribution in [2.75, 3.05) is 0 Å². The van der Waals surface area contributed by atoms with E-state index in [-0.39, 0.29) is 0 Å². The van der Waals surface area contributed by atoms with E-state index >= 15 is 0 Å². The highest BCUT2D eigenvalue weighted by atomic mass is 19.4. The number of pyridine rings is 1. The first-order valence-electron chi connectivity index (χ1n) is 4.41. The molecule has 1 heterocycles. The molecule has 4 N–H and O–H groups in total. The molecule has 0 bridgehead atoms. The number of hydrogen-bond acceptors (Lipinski definition) is 4. The molecule has 8 heteroatoms. The molecule has 17 heavy (non-hydrogen) atoms. The maximum Gasteiger partial charge on any atom is 0.416 e. The molecule has 0 spiro atoms. The minimum atomic E-state index is -4.73. The molecule has 2 unspecified atom stereocenters. The fourth-order valence-corrected chi connectivity index (χ4v) is 1.23. The van der Waals surface area contributed by atoms with Crippen LogP contribution in [-0.4, -0.2) is 27.2 Å². The van der Waals surface area contributed by atoms with Crippen LogP contribution in [0.3, 0.4) is 0 Å². The van der Waals surface area contributed by atoms with Gasteiger partial charge in [-0.1, -0.05) is 0 Å². The van der Waals surface area contributed by atoms with Crippen LogP contribution in [0.5, 0.6) is 0 Å². The molecule has 0 aliphatic heterocycles. The summed E-state index contributed by atoms with van der Waals surface area (Å²) in [4.78, 5) is 14.0. The van der Waals surface area contributed by atoms with Gasteiger partial charge >= 0.3 is 6.18 Å². The first-order chi connectivity index (χ1) is 7.75. The Morgan fingerprint density at radius 3 is 2.47 bits per heavy atom. The lowest BCUT2D eigenvalue weighted by Crippen LogP contribution is -2.34. The number of carbonyl (C=O) groups is 1. The molecular formula is C9H9F3N2O3. The average Bonchev–Trinajstić information content (AvgIpc) is 2.25. The van der Waals surface area contributed by atoms with Gasteiger partial charge < -0.3 is 15.9 Å². The van der Waals surface area contributed by atoms with Crippen molar-refractivity contribution in [1.82, 2.24) is 4.98 Å². The third-order valence-electron chi connectivity index (χ3n) is 2.07. The van der Waals surface area contributed by atoms with Gasteiger partial charge in [0.2, 0.25) is 5.91 Å². The Kier molecular flexibility index (Phi) is 3.69. The Balaban J connectivity index is 3.18. The Labute approximate surface area is 93.7 Å². The number of aliphatic hydroxyl groups is 2. The molecular weight excluding hydrogens is 241 g/mol. The van der Waals surface area contributed by atoms with Crippen LogP contribution in [0, 0.1) is 0 Å². The quantitative estimate of drug-likeness (QED) is 0.702. The van der Waals surface area contributed by atoms with E-state index in [1.165, 1.54) is 0 Å². The predicted octanol–water partition coefficient (Wildman–Crippen LogP) is -0.0200. The lowest BCUT2D eigenvalue weighted by molar-refractivity contribution is -0.142. The normalized spacial score (nSPS) is 15.4. The zero-order valence-electron chi connectivity index (χ0n) is 8.35. The first-order valence-corrected chi connectivity index (χ1v) is 4.41. The highest BCUT2D eigenvalue weighted by Gasteiger charge is 2.37. The molecule has 0 radical (unpaired) electrons. The first kappa shape index (κ1) is 13.4. The molecule has 94 valence electrons. The standard InChI is InChI=1S/C9H9F3N2O3/c10-9(11,12)5-1-2-14-3-4(5)6(15)7(16)8(13)17/h1-3,6-7,15-16H,(H2,13,17). The van der Waals surface area contributed by atoms with Gasteiger partial charge in [-0.15, -0.1) is 0 Å². The number of halogens is 3. The smallest absolute Gasteiger partial charge is 0.385 e. The highest BCUT2D eigenvalue weighted by molar-refractivity contribution is 5.79. The summed E-state index contributed by atoms with van der Waals surface area (Å²) in [6.45, 7) is 0. The molecule has 5 nitrogen and oxygen atoms in total. The van der Waals surface area contributed by atoms with Gasteiger partial charge in [-0.05, 0) is 6.07 Å². The van der Waals surface area contributed by atoms with Crippen molar-refractivity contribution in [3.8, 4) is 0 Å². The largest absolute Gasteiger partial charge is 0.416 e. The van der Waals surface area contributed by atoms with Crippen molar-refractivity contribution in [2.24, 2.45) is 5.73 Å². The van der Waals surface area contributed by atoms with Crippen molar-refractivity contribution in [1.29, 1.82) is 0 Å². The van der Waals surface area contributed by atoms with Gasteiger partial charge in [0.15, 0.2) is 6.10 Å². The van der Waals surface area contributed by atoms with E-state index in [1.807, 2.05) is 0 Å². The Morgan fingerprint density at radius 2 is 2.00 bits per heavy atom. The maximum atomic E-state index is 12.5. The predicted molar refractivity (Wildman–Crippen MR) is 49.4 cm³/mol. The van der Waals surface area contributed by atoms with E-state index in [0.717, 1.165) is 12.4 Å². The number of aromatic nitrogens is 1. The number of aliphatic hydroxyl groups excluding tert-OH is 2. The molecule has 1 rings (SSSR count). The SMILES string of the molecule is NC(=O)C(O)C(O)c1cnccc1C(F)(F)F. The van der Waals surface area contributed by atoms with Crippen LogP contribution in [0.15, 0.2) is 18.5 Å². The number of hydrogen-bond donors (Lipinski definition) is 3. The minimum absolute atomic E-state index is 0.631. The minimum Gasteiger partial charge on any atom is -0.385 e. The lowest BCUT2D eigenvalue weighted by Gasteiger charge is -2.19. The Hall–Kier alpha value is -1.67. The van der Waals surface area contributed by atoms with Gasteiger partial charge in [0.25, 0.3) is 0 Å². The zero-order valence-corrected chi connectivity index (χ0v) is 8.35. The second kappa shape index (κ2) is 4.68. The average molecular weight is 250 g/mol. The summed E-state index contributed by atoms with van der Waals surface area (Å²) in [5, 5.41) is 18.5. The van der Waals surface area contributed by atoms with E-state index in [0.29, 0.717) is 6.07 Å². The number of rotatable bonds is 3. The zero-order chi connectivity index (χ0) is 13.2. The second-order valence-corrected chi connectivity index (χ2v) is 3.25. The van der Waals surface area contributed by atoms with Crippen molar-refractivity contribution < 1.29 is 28.2 Å². The van der Waals surface area contributed by atoms with Gasteiger partial charge in [0, 0.05) is 18.0 Å². The van der Waals surface area contributed by atoms with Crippen molar-refractivity contribution in [3.63, 3.8) is 0 Å². The van der Waals surface area contributed by atoms with Crippen molar-refractivity contribution in [3.05, 3.63) is 29.6 Å². The monoisotopic (exact) mass is 250 g/mol. The Morgan fingerprint density at radius 1 is 1.41 bits per heavy atom. The van der Waals surface area contributed by atoms with Crippen LogP contribution in [0.1, 0.15) is 17.2 Å². The summed E-state index contributed by atoms with van der Waals surface area (Å²) in [6, 6.07) is 0.631. The van der Waals surface area contributed by atoms with Crippen LogP contribution in [0.25, 0.3) is 0 Å². The highest BCUT2D eigenvalue weighted by Crippen LogP contribution is 2.34. The molecule has 0 aliphatic rings. The van der Waals surface area contributed by atoms with Gasteiger partial charge in [0.05, 0.1) is 5.56 Å². The van der Waals surface area contributed by atoms with E-state index in [9.17, 15) is 23.1 Å². The molecule has 0 saturated heterocycles. The van der Waals surface area contributed by atoms with Crippen LogP contribution < -0.4 is 5.73 Å². The summed E-state index contributed by atoms with van der Waals surface area (Å²) >= 11 is 0. The number of amides is 1. The fourth-order valence-electron chi connectivity index (χ4n) is 1.23. The topological polar surface area (TPSA) is 96.4 Å². The second-order valence-electron chi connectivity index (χ2n) is 3.25. The summed E-state index contributed by atoms with van der Waals surface area (Å²) in [6.07, 6.45) is -7.32. The van der Waals surface area contributed by atoms with E-state index < -0.39 is 35.4 Å². The molecule has 0 aromatic carbocycles. The molecule has 1 aromatic heterocycles. The molecule has 1 amide bonds. The Bertz CT molecular complexity index is 422. The third kappa shape index (κ3) is 2.92. The molecule has 2 atom stereocenters. The van der Waals surface area contributed by atoms with Crippen LogP contribution in [0.2, 0.25) is 0 Å². The van der Waals surface area contributed by atoms with Crippen molar-refractivity contribution >= 4 is 5.91 Å². The van der Waals surface area contributed by atoms with Gasteiger partial charge in [0.1, 0.15) is 6.10 Å². The summed E-state index contributed by atoms with van der Waals surface area (Å²) in [7, 11) is 0. The van der Waals surface area contributed by atoms with E-state index in [1.54, 1.807) is 0 Å². The number of alkyl halides is 3. The molecule has 0 fully saturated rings. The lowest BCUT2D eigenvalue weighted by atomic mass is 10.0. The van der Waals surface area contributed by atoms with Crippen LogP contribution >= 0.6 is 0 Å². The third-order valence-corrected chi connectivity index (χ3v) is 2.07.